The lowest BCUT2D eigenvalue weighted by molar-refractivity contribution is -0.0437. The van der Waals surface area contributed by atoms with Crippen LogP contribution in [0.5, 0.6) is 5.75 Å². The molecule has 0 aliphatic carbocycles. The number of nitrogens with zero attached hydrogens (tertiary/aromatic N) is 1. The van der Waals surface area contributed by atoms with Gasteiger partial charge in [0.2, 0.25) is 0 Å². The third-order valence-corrected chi connectivity index (χ3v) is 4.31. The van der Waals surface area contributed by atoms with Crippen molar-refractivity contribution < 1.29 is 19.0 Å². The molecule has 2 unspecified atom stereocenters. The number of rotatable bonds is 5. The average Bonchev–Trinajstić information content (AvgIpc) is 2.62. The monoisotopic (exact) mass is 331 g/mol. The van der Waals surface area contributed by atoms with Gasteiger partial charge < -0.3 is 14.6 Å². The van der Waals surface area contributed by atoms with Crippen molar-refractivity contribution in [2.24, 2.45) is 0 Å². The van der Waals surface area contributed by atoms with Gasteiger partial charge in [0, 0.05) is 25.2 Å². The lowest BCUT2D eigenvalue weighted by atomic mass is 10.1. The molecule has 2 aromatic rings. The first-order chi connectivity index (χ1) is 11.7. The van der Waals surface area contributed by atoms with Crippen LogP contribution in [0, 0.1) is 5.82 Å². The number of aliphatic hydroxyl groups excluding tert-OH is 1. The van der Waals surface area contributed by atoms with E-state index in [9.17, 15) is 9.50 Å². The Morgan fingerprint density at radius 3 is 2.92 bits per heavy atom. The minimum Gasteiger partial charge on any atom is -0.497 e. The maximum atomic E-state index is 14.0. The number of halogens is 1. The normalized spacial score (nSPS) is 19.9. The Labute approximate surface area is 141 Å². The summed E-state index contributed by atoms with van der Waals surface area (Å²) in [7, 11) is 1.60. The van der Waals surface area contributed by atoms with E-state index in [0.29, 0.717) is 31.8 Å². The second kappa shape index (κ2) is 7.75. The molecule has 1 heterocycles. The molecule has 0 aromatic heterocycles. The molecule has 0 bridgehead atoms. The molecular weight excluding hydrogens is 309 g/mol. The third-order valence-electron chi connectivity index (χ3n) is 4.31. The number of hydrogen-bond donors (Lipinski definition) is 1. The molecule has 1 N–H and O–H groups in total. The van der Waals surface area contributed by atoms with Crippen molar-refractivity contribution in [3.63, 3.8) is 0 Å². The Hall–Kier alpha value is -1.95. The summed E-state index contributed by atoms with van der Waals surface area (Å²) in [5, 5.41) is 10.5. The van der Waals surface area contributed by atoms with Crippen molar-refractivity contribution in [2.45, 2.75) is 12.2 Å². The molecule has 1 aliphatic rings. The Kier molecular flexibility index (Phi) is 5.45. The highest BCUT2D eigenvalue weighted by Crippen LogP contribution is 2.26. The van der Waals surface area contributed by atoms with Crippen LogP contribution in [-0.2, 0) is 4.74 Å². The van der Waals surface area contributed by atoms with Crippen LogP contribution in [0.4, 0.5) is 4.39 Å². The smallest absolute Gasteiger partial charge is 0.129 e. The van der Waals surface area contributed by atoms with E-state index in [1.54, 1.807) is 19.2 Å². The van der Waals surface area contributed by atoms with Crippen molar-refractivity contribution in [2.75, 3.05) is 33.4 Å². The zero-order chi connectivity index (χ0) is 16.9. The number of ether oxygens (including phenoxy) is 2. The Bertz CT molecular complexity index is 679. The predicted molar refractivity (Wildman–Crippen MR) is 89.5 cm³/mol. The van der Waals surface area contributed by atoms with Crippen molar-refractivity contribution in [3.8, 4) is 5.75 Å². The summed E-state index contributed by atoms with van der Waals surface area (Å²) in [5.41, 5.74) is 1.38. The molecule has 0 amide bonds. The van der Waals surface area contributed by atoms with Gasteiger partial charge in [0.15, 0.2) is 0 Å². The Balaban J connectivity index is 1.65. The number of morpholine rings is 1. The molecule has 4 nitrogen and oxygen atoms in total. The van der Waals surface area contributed by atoms with Crippen molar-refractivity contribution in [1.82, 2.24) is 4.90 Å². The first-order valence-corrected chi connectivity index (χ1v) is 8.08. The summed E-state index contributed by atoms with van der Waals surface area (Å²) in [6.07, 6.45) is -0.933. The number of benzene rings is 2. The second-order valence-corrected chi connectivity index (χ2v) is 5.93. The van der Waals surface area contributed by atoms with Crippen LogP contribution < -0.4 is 4.74 Å². The van der Waals surface area contributed by atoms with Crippen molar-refractivity contribution in [3.05, 3.63) is 65.5 Å². The summed E-state index contributed by atoms with van der Waals surface area (Å²) >= 11 is 0. The molecule has 0 saturated carbocycles. The highest BCUT2D eigenvalue weighted by Gasteiger charge is 2.25. The molecule has 1 aliphatic heterocycles. The van der Waals surface area contributed by atoms with Crippen molar-refractivity contribution in [1.29, 1.82) is 0 Å². The van der Waals surface area contributed by atoms with E-state index in [0.717, 1.165) is 11.3 Å². The molecule has 0 radical (unpaired) electrons. The third kappa shape index (κ3) is 3.93. The zero-order valence-electron chi connectivity index (χ0n) is 13.7. The minimum absolute atomic E-state index is 0.252. The fourth-order valence-electron chi connectivity index (χ4n) is 2.99. The lowest BCUT2D eigenvalue weighted by Crippen LogP contribution is -2.40. The van der Waals surface area contributed by atoms with Crippen molar-refractivity contribution >= 4 is 0 Å². The van der Waals surface area contributed by atoms with Gasteiger partial charge in [0.25, 0.3) is 0 Å². The van der Waals surface area contributed by atoms with E-state index >= 15 is 0 Å². The molecule has 2 aromatic carbocycles. The summed E-state index contributed by atoms with van der Waals surface area (Å²) in [6, 6.07) is 14.1. The van der Waals surface area contributed by atoms with Gasteiger partial charge in [-0.25, -0.2) is 4.39 Å². The molecule has 128 valence electrons. The quantitative estimate of drug-likeness (QED) is 0.915. The molecule has 1 fully saturated rings. The maximum absolute atomic E-state index is 14.0. The Morgan fingerprint density at radius 2 is 2.12 bits per heavy atom. The van der Waals surface area contributed by atoms with Crippen LogP contribution in [0.3, 0.4) is 0 Å². The van der Waals surface area contributed by atoms with Crippen LogP contribution in [0.15, 0.2) is 48.5 Å². The highest BCUT2D eigenvalue weighted by atomic mass is 19.1. The largest absolute Gasteiger partial charge is 0.497 e. The molecule has 1 saturated heterocycles. The highest BCUT2D eigenvalue weighted by molar-refractivity contribution is 5.30. The summed E-state index contributed by atoms with van der Waals surface area (Å²) in [5.74, 6) is 0.468. The molecular formula is C19H22FNO3. The van der Waals surface area contributed by atoms with E-state index in [2.05, 4.69) is 4.90 Å². The van der Waals surface area contributed by atoms with E-state index in [4.69, 9.17) is 9.47 Å². The van der Waals surface area contributed by atoms with Gasteiger partial charge >= 0.3 is 0 Å². The van der Waals surface area contributed by atoms with Gasteiger partial charge in [-0.05, 0) is 23.8 Å². The first-order valence-electron chi connectivity index (χ1n) is 8.08. The van der Waals surface area contributed by atoms with E-state index < -0.39 is 6.10 Å². The van der Waals surface area contributed by atoms with Crippen LogP contribution in [0.1, 0.15) is 23.3 Å². The summed E-state index contributed by atoms with van der Waals surface area (Å²) < 4.78 is 24.9. The fourth-order valence-corrected chi connectivity index (χ4v) is 2.99. The number of methoxy groups -OCH3 is 1. The first kappa shape index (κ1) is 16.9. The fraction of sp³-hybridized carbons (Fsp3) is 0.368. The van der Waals surface area contributed by atoms with E-state index in [1.165, 1.54) is 6.07 Å². The Morgan fingerprint density at radius 1 is 1.29 bits per heavy atom. The van der Waals surface area contributed by atoms with Gasteiger partial charge in [-0.3, -0.25) is 4.90 Å². The van der Waals surface area contributed by atoms with Gasteiger partial charge in [-0.15, -0.1) is 0 Å². The molecule has 0 spiro atoms. The molecule has 24 heavy (non-hydrogen) atoms. The molecule has 5 heteroatoms. The average molecular weight is 331 g/mol. The van der Waals surface area contributed by atoms with Gasteiger partial charge in [0.1, 0.15) is 11.6 Å². The lowest BCUT2D eigenvalue weighted by Gasteiger charge is -2.34. The summed E-state index contributed by atoms with van der Waals surface area (Å²) in [6.45, 7) is 2.26. The van der Waals surface area contributed by atoms with Crippen LogP contribution in [0.2, 0.25) is 0 Å². The second-order valence-electron chi connectivity index (χ2n) is 5.93. The van der Waals surface area contributed by atoms with Crippen LogP contribution >= 0.6 is 0 Å². The van der Waals surface area contributed by atoms with Gasteiger partial charge in [-0.1, -0.05) is 30.3 Å². The number of aliphatic hydroxyl groups is 1. The molecule has 2 atom stereocenters. The standard InChI is InChI=1S/C19H22FNO3/c1-23-15-6-4-5-14(11-15)18(22)12-21-9-10-24-19(13-21)16-7-2-3-8-17(16)20/h2-8,11,18-19,22H,9-10,12-13H2,1H3. The maximum Gasteiger partial charge on any atom is 0.129 e. The van der Waals surface area contributed by atoms with E-state index in [1.807, 2.05) is 30.3 Å². The topological polar surface area (TPSA) is 41.9 Å². The van der Waals surface area contributed by atoms with Gasteiger partial charge in [0.05, 0.1) is 25.9 Å². The number of hydrogen-bond acceptors (Lipinski definition) is 4. The number of β-amino-alcohol motifs (C(OH)–C–C–N with tert-alkyl or cyclic N) is 1. The van der Waals surface area contributed by atoms with E-state index in [-0.39, 0.29) is 11.9 Å². The van der Waals surface area contributed by atoms with Crippen LogP contribution in [0.25, 0.3) is 0 Å². The van der Waals surface area contributed by atoms with Gasteiger partial charge in [-0.2, -0.15) is 0 Å². The zero-order valence-corrected chi connectivity index (χ0v) is 13.7. The SMILES string of the molecule is COc1cccc(C(O)CN2CCOC(c3ccccc3F)C2)c1. The molecule has 3 rings (SSSR count). The summed E-state index contributed by atoms with van der Waals surface area (Å²) in [4.78, 5) is 2.10. The predicted octanol–water partition coefficient (Wildman–Crippen LogP) is 2.94. The van der Waals surface area contributed by atoms with Crippen LogP contribution in [-0.4, -0.2) is 43.4 Å². The minimum atomic E-state index is -0.625.